The number of hydrogen-bond acceptors (Lipinski definition) is 6. The summed E-state index contributed by atoms with van der Waals surface area (Å²) in [6.07, 6.45) is 2.33. The summed E-state index contributed by atoms with van der Waals surface area (Å²) in [5.41, 5.74) is 7.82. The van der Waals surface area contributed by atoms with Gasteiger partial charge in [0.25, 0.3) is 5.91 Å². The molecule has 2 heterocycles. The number of amides is 2. The minimum Gasteiger partial charge on any atom is -0.318 e. The molecule has 0 radical (unpaired) electrons. The largest absolute Gasteiger partial charge is 0.328 e. The normalized spacial score (nSPS) is 15.5. The zero-order chi connectivity index (χ0) is 22.0. The Morgan fingerprint density at radius 2 is 2.00 bits per heavy atom. The summed E-state index contributed by atoms with van der Waals surface area (Å²) < 4.78 is 23.6. The molecule has 0 aromatic carbocycles. The van der Waals surface area contributed by atoms with Crippen LogP contribution in [-0.4, -0.2) is 58.1 Å². The van der Waals surface area contributed by atoms with Crippen LogP contribution in [-0.2, 0) is 21.2 Å². The van der Waals surface area contributed by atoms with Gasteiger partial charge in [0.1, 0.15) is 0 Å². The molecule has 1 aliphatic rings. The number of carbonyl (C=O) groups excluding carboxylic acids is 2. The molecular formula is C19H24N4O5S. The van der Waals surface area contributed by atoms with Crippen LogP contribution in [0.2, 0.25) is 0 Å². The molecule has 0 saturated carbocycles. The predicted octanol–water partition coefficient (Wildman–Crippen LogP) is 0.0628. The average molecular weight is 420 g/mol. The van der Waals surface area contributed by atoms with Gasteiger partial charge in [-0.1, -0.05) is 11.8 Å². The van der Waals surface area contributed by atoms with Crippen LogP contribution in [0.25, 0.3) is 0 Å². The fourth-order valence-corrected chi connectivity index (χ4v) is 3.54. The molecule has 0 bridgehead atoms. The SMILES string of the molecule is CC(C)(N)C#CC#Cc1cc2n(c1)C(=O)N(CCC(C)(C(=O)NO)S(C)(=O)=O)C2. The third kappa shape index (κ3) is 4.98. The van der Waals surface area contributed by atoms with Gasteiger partial charge in [0.2, 0.25) is 0 Å². The van der Waals surface area contributed by atoms with Gasteiger partial charge >= 0.3 is 6.03 Å². The zero-order valence-electron chi connectivity index (χ0n) is 16.7. The summed E-state index contributed by atoms with van der Waals surface area (Å²) in [5, 5.41) is 8.87. The highest BCUT2D eigenvalue weighted by molar-refractivity contribution is 7.92. The van der Waals surface area contributed by atoms with Gasteiger partial charge in [-0.3, -0.25) is 14.6 Å². The quantitative estimate of drug-likeness (QED) is 0.350. The molecule has 1 aromatic heterocycles. The lowest BCUT2D eigenvalue weighted by Gasteiger charge is -2.27. The third-order valence-corrected chi connectivity index (χ3v) is 6.67. The second kappa shape index (κ2) is 7.91. The van der Waals surface area contributed by atoms with Gasteiger partial charge in [-0.15, -0.1) is 0 Å². The Kier molecular flexibility index (Phi) is 6.14. The Balaban J connectivity index is 2.11. The lowest BCUT2D eigenvalue weighted by atomic mass is 10.1. The van der Waals surface area contributed by atoms with Crippen molar-refractivity contribution in [3.8, 4) is 23.7 Å². The fourth-order valence-electron chi connectivity index (χ4n) is 2.70. The molecule has 2 rings (SSSR count). The summed E-state index contributed by atoms with van der Waals surface area (Å²) in [5.74, 6) is 9.96. The first-order valence-corrected chi connectivity index (χ1v) is 10.6. The third-order valence-electron chi connectivity index (χ3n) is 4.64. The van der Waals surface area contributed by atoms with E-state index in [9.17, 15) is 18.0 Å². The van der Waals surface area contributed by atoms with Crippen LogP contribution >= 0.6 is 0 Å². The van der Waals surface area contributed by atoms with Crippen molar-refractivity contribution in [3.63, 3.8) is 0 Å². The molecule has 1 unspecified atom stereocenters. The Labute approximate surface area is 170 Å². The van der Waals surface area contributed by atoms with Gasteiger partial charge in [-0.25, -0.2) is 18.7 Å². The highest BCUT2D eigenvalue weighted by Gasteiger charge is 2.44. The van der Waals surface area contributed by atoms with Gasteiger partial charge in [-0.2, -0.15) is 0 Å². The van der Waals surface area contributed by atoms with Gasteiger partial charge < -0.3 is 10.6 Å². The van der Waals surface area contributed by atoms with E-state index in [0.29, 0.717) is 11.3 Å². The number of hydrogen-bond donors (Lipinski definition) is 3. The highest BCUT2D eigenvalue weighted by Crippen LogP contribution is 2.25. The Bertz CT molecular complexity index is 1060. The molecule has 9 nitrogen and oxygen atoms in total. The zero-order valence-corrected chi connectivity index (χ0v) is 17.6. The monoisotopic (exact) mass is 420 g/mol. The van der Waals surface area contributed by atoms with Crippen molar-refractivity contribution in [2.45, 2.75) is 44.0 Å². The van der Waals surface area contributed by atoms with E-state index in [1.807, 2.05) is 0 Å². The van der Waals surface area contributed by atoms with Crippen molar-refractivity contribution in [3.05, 3.63) is 23.5 Å². The van der Waals surface area contributed by atoms with Crippen LogP contribution in [0.5, 0.6) is 0 Å². The van der Waals surface area contributed by atoms with Gasteiger partial charge in [0, 0.05) is 30.3 Å². The maximum atomic E-state index is 12.6. The van der Waals surface area contributed by atoms with Crippen LogP contribution in [0.3, 0.4) is 0 Å². The van der Waals surface area contributed by atoms with Crippen molar-refractivity contribution in [1.82, 2.24) is 14.9 Å². The minimum atomic E-state index is -3.83. The van der Waals surface area contributed by atoms with Gasteiger partial charge in [0.15, 0.2) is 14.6 Å². The van der Waals surface area contributed by atoms with E-state index in [-0.39, 0.29) is 25.5 Å². The smallest absolute Gasteiger partial charge is 0.318 e. The van der Waals surface area contributed by atoms with Crippen LogP contribution in [0.1, 0.15) is 38.4 Å². The highest BCUT2D eigenvalue weighted by atomic mass is 32.2. The molecule has 10 heteroatoms. The van der Waals surface area contributed by atoms with Crippen molar-refractivity contribution in [2.75, 3.05) is 12.8 Å². The second-order valence-corrected chi connectivity index (χ2v) is 10.2. The molecular weight excluding hydrogens is 396 g/mol. The Morgan fingerprint density at radius 1 is 1.34 bits per heavy atom. The van der Waals surface area contributed by atoms with E-state index in [2.05, 4.69) is 23.7 Å². The maximum Gasteiger partial charge on any atom is 0.328 e. The average Bonchev–Trinajstić information content (AvgIpc) is 3.13. The number of hydroxylamine groups is 1. The number of nitrogens with zero attached hydrogens (tertiary/aromatic N) is 2. The molecule has 1 atom stereocenters. The minimum absolute atomic E-state index is 0.0234. The summed E-state index contributed by atoms with van der Waals surface area (Å²) >= 11 is 0. The van der Waals surface area contributed by atoms with Crippen molar-refractivity contribution >= 4 is 21.8 Å². The van der Waals surface area contributed by atoms with Crippen LogP contribution < -0.4 is 11.2 Å². The lowest BCUT2D eigenvalue weighted by Crippen LogP contribution is -2.50. The van der Waals surface area contributed by atoms with Crippen molar-refractivity contribution in [1.29, 1.82) is 0 Å². The number of carbonyl (C=O) groups is 2. The molecule has 156 valence electrons. The van der Waals surface area contributed by atoms with Crippen molar-refractivity contribution < 1.29 is 23.2 Å². The summed E-state index contributed by atoms with van der Waals surface area (Å²) in [7, 11) is -3.83. The fraction of sp³-hybridized carbons (Fsp3) is 0.474. The number of nitrogens with one attached hydrogen (secondary N) is 1. The molecule has 0 aliphatic carbocycles. The Hall–Kier alpha value is -2.79. The summed E-state index contributed by atoms with van der Waals surface area (Å²) in [4.78, 5) is 25.9. The van der Waals surface area contributed by atoms with E-state index in [4.69, 9.17) is 10.9 Å². The lowest BCUT2D eigenvalue weighted by molar-refractivity contribution is -0.131. The van der Waals surface area contributed by atoms with Crippen LogP contribution in [0, 0.1) is 23.7 Å². The molecule has 0 spiro atoms. The van der Waals surface area contributed by atoms with E-state index >= 15 is 0 Å². The molecule has 1 aromatic rings. The summed E-state index contributed by atoms with van der Waals surface area (Å²) in [6.45, 7) is 5.02. The van der Waals surface area contributed by atoms with Crippen molar-refractivity contribution in [2.24, 2.45) is 5.73 Å². The predicted molar refractivity (Wildman–Crippen MR) is 106 cm³/mol. The molecule has 0 saturated heterocycles. The number of nitrogens with two attached hydrogens (primary N) is 1. The number of aromatic nitrogens is 1. The topological polar surface area (TPSA) is 135 Å². The first-order valence-electron chi connectivity index (χ1n) is 8.75. The van der Waals surface area contributed by atoms with E-state index in [1.165, 1.54) is 21.9 Å². The van der Waals surface area contributed by atoms with Crippen LogP contribution in [0.15, 0.2) is 12.3 Å². The molecule has 29 heavy (non-hydrogen) atoms. The van der Waals surface area contributed by atoms with E-state index in [1.54, 1.807) is 26.1 Å². The number of fused-ring (bicyclic) bond motifs is 1. The standard InChI is InChI=1S/C19H24N4O5S/c1-18(2,20)8-6-5-7-14-11-15-13-22(17(25)23(15)12-14)10-9-19(3,16(24)21-26)29(4,27)28/h11-12,26H,9-10,13,20H2,1-4H3,(H,21,24). The molecule has 2 amide bonds. The van der Waals surface area contributed by atoms with E-state index < -0.39 is 26.0 Å². The number of rotatable bonds is 5. The molecule has 0 fully saturated rings. The molecule has 1 aliphatic heterocycles. The number of sulfone groups is 1. The van der Waals surface area contributed by atoms with Crippen LogP contribution in [0.4, 0.5) is 4.79 Å². The van der Waals surface area contributed by atoms with Gasteiger partial charge in [-0.05, 0) is 45.1 Å². The van der Waals surface area contributed by atoms with E-state index in [0.717, 1.165) is 6.26 Å². The first-order chi connectivity index (χ1) is 13.3. The van der Waals surface area contributed by atoms with Gasteiger partial charge in [0.05, 0.1) is 12.1 Å². The Morgan fingerprint density at radius 3 is 2.52 bits per heavy atom. The maximum absolute atomic E-state index is 12.6. The first kappa shape index (κ1) is 22.5. The molecule has 4 N–H and O–H groups in total. The summed E-state index contributed by atoms with van der Waals surface area (Å²) in [6, 6.07) is 1.40. The second-order valence-electron chi connectivity index (χ2n) is 7.71.